The molecule has 0 unspecified atom stereocenters. The number of fused-ring (bicyclic) bond motifs is 1. The van der Waals surface area contributed by atoms with Gasteiger partial charge in [-0.05, 0) is 127 Å². The third kappa shape index (κ3) is 10.4. The maximum atomic E-state index is 12.8. The maximum Gasteiger partial charge on any atom is 1.00 e. The van der Waals surface area contributed by atoms with Gasteiger partial charge in [-0.3, -0.25) is 10.2 Å². The van der Waals surface area contributed by atoms with Gasteiger partial charge in [0.25, 0.3) is 0 Å². The average Bonchev–Trinajstić information content (AvgIpc) is 3.10. The van der Waals surface area contributed by atoms with Crippen molar-refractivity contribution in [1.82, 2.24) is 0 Å². The van der Waals surface area contributed by atoms with Gasteiger partial charge in [-0.1, -0.05) is 35.9 Å². The SMILES string of the molecule is Cc1ccc(S(=O)(=O)Oc2ccc(N=Nc3ccc(-c4ccc(N/N=C5/C(=O)C=Cc6cc(S(=O)(=O)[O-])cc(S(=O)(=O)[O-])c65)c(C)c4)cc3C)cc2)cc1.[Na+].[Na+]. The van der Waals surface area contributed by atoms with Gasteiger partial charge in [-0.15, -0.1) is 0 Å². The van der Waals surface area contributed by atoms with E-state index in [1.54, 1.807) is 49.4 Å². The molecule has 1 aliphatic rings. The van der Waals surface area contributed by atoms with Crippen LogP contribution >= 0.6 is 0 Å². The quantitative estimate of drug-likeness (QED) is 0.0678. The Hall–Kier alpha value is -3.85. The van der Waals surface area contributed by atoms with Gasteiger partial charge < -0.3 is 13.3 Å². The standard InChI is InChI=1S/C37H30N4O10S3.2Na/c1-22-4-13-30(14-5-22)54(49,50)51-29-11-9-28(10-12-29)38-39-32-15-6-25(18-23(32)2)26-7-16-33(24(3)19-26)40-41-37-34(42)17-8-27-20-31(52(43,44)45)21-35(36(27)37)53(46,47)48;;/h4-21,40H,1-3H3,(H,43,44,45)(H,46,47,48);;/q;2*+1/p-2/b39-38?,41-37-;;. The molecule has 0 fully saturated rings. The van der Waals surface area contributed by atoms with Gasteiger partial charge in [0.2, 0.25) is 5.78 Å². The molecular formula is C37H28N4Na2O10S3. The molecule has 56 heavy (non-hydrogen) atoms. The number of carbonyl (C=O) groups excluding carboxylic acids is 1. The minimum Gasteiger partial charge on any atom is -0.744 e. The number of azo groups is 1. The first-order valence-corrected chi connectivity index (χ1v) is 20.0. The molecule has 0 saturated heterocycles. The topological polar surface area (TPSA) is 224 Å². The number of nitrogens with zero attached hydrogens (tertiary/aromatic N) is 3. The summed E-state index contributed by atoms with van der Waals surface area (Å²) in [4.78, 5) is 10.8. The second-order valence-corrected chi connectivity index (χ2v) is 16.4. The third-order valence-electron chi connectivity index (χ3n) is 8.22. The molecule has 14 nitrogen and oxygen atoms in total. The Morgan fingerprint density at radius 1 is 0.643 bits per heavy atom. The number of carbonyl (C=O) groups is 1. The van der Waals surface area contributed by atoms with Crippen LogP contribution in [-0.4, -0.2) is 45.9 Å². The number of nitrogens with one attached hydrogen (secondary N) is 1. The number of ketones is 1. The van der Waals surface area contributed by atoms with E-state index in [1.807, 2.05) is 32.0 Å². The summed E-state index contributed by atoms with van der Waals surface area (Å²) >= 11 is 0. The van der Waals surface area contributed by atoms with Crippen molar-refractivity contribution >= 4 is 65.0 Å². The molecule has 0 radical (unpaired) electrons. The second-order valence-electron chi connectivity index (χ2n) is 12.1. The summed E-state index contributed by atoms with van der Waals surface area (Å²) in [5.41, 5.74) is 7.28. The Bertz CT molecular complexity index is 2770. The first-order chi connectivity index (χ1) is 25.4. The fourth-order valence-electron chi connectivity index (χ4n) is 5.41. The zero-order valence-electron chi connectivity index (χ0n) is 30.5. The molecule has 6 rings (SSSR count). The molecule has 5 aromatic carbocycles. The Morgan fingerprint density at radius 2 is 1.27 bits per heavy atom. The monoisotopic (exact) mass is 830 g/mol. The fourth-order valence-corrected chi connectivity index (χ4v) is 7.68. The summed E-state index contributed by atoms with van der Waals surface area (Å²) in [6, 6.07) is 24.6. The second kappa shape index (κ2) is 17.7. The van der Waals surface area contributed by atoms with Gasteiger partial charge in [-0.25, -0.2) is 16.8 Å². The van der Waals surface area contributed by atoms with E-state index >= 15 is 0 Å². The largest absolute Gasteiger partial charge is 1.00 e. The normalized spacial score (nSPS) is 13.5. The summed E-state index contributed by atoms with van der Waals surface area (Å²) in [7, 11) is -14.5. The molecule has 1 aliphatic carbocycles. The zero-order valence-corrected chi connectivity index (χ0v) is 37.0. The summed E-state index contributed by atoms with van der Waals surface area (Å²) in [5.74, 6) is -0.627. The van der Waals surface area contributed by atoms with Crippen LogP contribution in [0.15, 0.2) is 133 Å². The van der Waals surface area contributed by atoms with Crippen LogP contribution in [0, 0.1) is 20.8 Å². The van der Waals surface area contributed by atoms with Crippen molar-refractivity contribution in [2.45, 2.75) is 35.5 Å². The third-order valence-corrected chi connectivity index (χ3v) is 11.2. The van der Waals surface area contributed by atoms with Crippen LogP contribution in [0.2, 0.25) is 0 Å². The van der Waals surface area contributed by atoms with E-state index in [4.69, 9.17) is 4.18 Å². The van der Waals surface area contributed by atoms with E-state index < -0.39 is 57.2 Å². The summed E-state index contributed by atoms with van der Waals surface area (Å²) in [6.45, 7) is 5.49. The smallest absolute Gasteiger partial charge is 0.744 e. The van der Waals surface area contributed by atoms with Crippen molar-refractivity contribution in [3.8, 4) is 16.9 Å². The van der Waals surface area contributed by atoms with Crippen molar-refractivity contribution in [1.29, 1.82) is 0 Å². The molecule has 276 valence electrons. The van der Waals surface area contributed by atoms with Crippen molar-refractivity contribution in [2.24, 2.45) is 15.3 Å². The molecule has 0 saturated carbocycles. The number of allylic oxidation sites excluding steroid dienone is 1. The van der Waals surface area contributed by atoms with Crippen molar-refractivity contribution in [2.75, 3.05) is 5.43 Å². The van der Waals surface area contributed by atoms with Gasteiger partial charge in [0.1, 0.15) is 36.6 Å². The molecule has 0 spiro atoms. The predicted octanol–water partition coefficient (Wildman–Crippen LogP) is 0.690. The Labute approximate surface area is 368 Å². The summed E-state index contributed by atoms with van der Waals surface area (Å²) < 4.78 is 101. The van der Waals surface area contributed by atoms with Gasteiger partial charge in [-0.2, -0.15) is 23.7 Å². The average molecular weight is 831 g/mol. The van der Waals surface area contributed by atoms with Crippen LogP contribution in [-0.2, 0) is 35.1 Å². The van der Waals surface area contributed by atoms with E-state index in [2.05, 4.69) is 20.8 Å². The Morgan fingerprint density at radius 3 is 1.86 bits per heavy atom. The molecule has 0 heterocycles. The van der Waals surface area contributed by atoms with Crippen molar-refractivity contribution in [3.63, 3.8) is 0 Å². The Kier molecular flexibility index (Phi) is 14.2. The molecule has 0 aromatic heterocycles. The number of hydrogen-bond acceptors (Lipinski definition) is 14. The number of hydrazone groups is 1. The van der Waals surface area contributed by atoms with Gasteiger partial charge >= 0.3 is 69.2 Å². The molecule has 5 aromatic rings. The number of aryl methyl sites for hydroxylation is 3. The zero-order chi connectivity index (χ0) is 39.0. The van der Waals surface area contributed by atoms with Crippen LogP contribution < -0.4 is 68.7 Å². The van der Waals surface area contributed by atoms with Crippen LogP contribution in [0.5, 0.6) is 5.75 Å². The van der Waals surface area contributed by atoms with E-state index in [1.165, 1.54) is 24.3 Å². The predicted molar refractivity (Wildman–Crippen MR) is 198 cm³/mol. The summed E-state index contributed by atoms with van der Waals surface area (Å²) in [6.07, 6.45) is 2.12. The fraction of sp³-hybridized carbons (Fsp3) is 0.0811. The van der Waals surface area contributed by atoms with Crippen LogP contribution in [0.3, 0.4) is 0 Å². The molecule has 0 aliphatic heterocycles. The number of hydrogen-bond donors (Lipinski definition) is 1. The number of rotatable bonds is 10. The first-order valence-electron chi connectivity index (χ1n) is 15.8. The van der Waals surface area contributed by atoms with Crippen LogP contribution in [0.4, 0.5) is 17.1 Å². The maximum absolute atomic E-state index is 12.8. The van der Waals surface area contributed by atoms with Crippen molar-refractivity contribution < 1.29 is 102 Å². The van der Waals surface area contributed by atoms with Gasteiger partial charge in [0, 0.05) is 5.56 Å². The molecule has 0 amide bonds. The van der Waals surface area contributed by atoms with Gasteiger partial charge in [0.15, 0.2) is 0 Å². The number of anilines is 1. The van der Waals surface area contributed by atoms with Crippen molar-refractivity contribution in [3.05, 3.63) is 131 Å². The molecule has 0 atom stereocenters. The molecule has 1 N–H and O–H groups in total. The van der Waals surface area contributed by atoms with Crippen LogP contribution in [0.25, 0.3) is 17.2 Å². The first kappa shape index (κ1) is 44.9. The molecule has 19 heteroatoms. The number of benzene rings is 5. The Balaban J connectivity index is 0.00000348. The van der Waals surface area contributed by atoms with E-state index in [0.717, 1.165) is 40.5 Å². The summed E-state index contributed by atoms with van der Waals surface area (Å²) in [5, 5.41) is 12.7. The van der Waals surface area contributed by atoms with E-state index in [0.29, 0.717) is 28.7 Å². The molecular weight excluding hydrogens is 803 g/mol. The van der Waals surface area contributed by atoms with E-state index in [9.17, 15) is 39.2 Å². The minimum absolute atomic E-state index is 0. The van der Waals surface area contributed by atoms with E-state index in [-0.39, 0.29) is 75.3 Å². The molecule has 0 bridgehead atoms. The minimum atomic E-state index is -5.34. The van der Waals surface area contributed by atoms with Gasteiger partial charge in [0.05, 0.1) is 26.9 Å². The van der Waals surface area contributed by atoms with Crippen LogP contribution in [0.1, 0.15) is 27.8 Å².